The third-order valence-electron chi connectivity index (χ3n) is 2.31. The van der Waals surface area contributed by atoms with E-state index in [0.717, 1.165) is 0 Å². The fourth-order valence-electron chi connectivity index (χ4n) is 1.31. The highest BCUT2D eigenvalue weighted by molar-refractivity contribution is 5.92. The van der Waals surface area contributed by atoms with Crippen molar-refractivity contribution in [2.45, 2.75) is 6.42 Å². The first-order chi connectivity index (χ1) is 8.41. The van der Waals surface area contributed by atoms with Crippen LogP contribution in [0.5, 0.6) is 5.75 Å². The number of ether oxygens (including phenoxy) is 1. The number of anilines is 1. The predicted molar refractivity (Wildman–Crippen MR) is 66.6 cm³/mol. The number of rotatable bonds is 5. The van der Waals surface area contributed by atoms with Gasteiger partial charge in [-0.05, 0) is 18.2 Å². The van der Waals surface area contributed by atoms with Crippen LogP contribution in [0.4, 0.5) is 5.69 Å². The number of carbonyl (C=O) groups is 2. The van der Waals surface area contributed by atoms with Crippen molar-refractivity contribution in [3.05, 3.63) is 23.8 Å². The Balaban J connectivity index is 2.68. The molecule has 0 spiro atoms. The van der Waals surface area contributed by atoms with Gasteiger partial charge in [0.15, 0.2) is 0 Å². The zero-order valence-electron chi connectivity index (χ0n) is 10.3. The summed E-state index contributed by atoms with van der Waals surface area (Å²) in [6, 6.07) is 4.36. The minimum absolute atomic E-state index is 0.00713. The van der Waals surface area contributed by atoms with Gasteiger partial charge in [0.2, 0.25) is 5.91 Å². The van der Waals surface area contributed by atoms with E-state index in [-0.39, 0.29) is 30.2 Å². The number of hydrogen-bond acceptors (Lipinski definition) is 4. The number of hydrogen-bond donors (Lipinski definition) is 2. The monoisotopic (exact) mass is 252 g/mol. The van der Waals surface area contributed by atoms with E-state index in [2.05, 4.69) is 0 Å². The lowest BCUT2D eigenvalue weighted by atomic mass is 10.2. The van der Waals surface area contributed by atoms with E-state index in [4.69, 9.17) is 15.6 Å². The number of aromatic carboxylic acids is 1. The first-order valence-corrected chi connectivity index (χ1v) is 5.37. The molecule has 0 atom stereocenters. The average molecular weight is 252 g/mol. The Morgan fingerprint density at radius 3 is 2.61 bits per heavy atom. The summed E-state index contributed by atoms with van der Waals surface area (Å²) < 4.78 is 5.29. The minimum Gasteiger partial charge on any atom is -0.492 e. The van der Waals surface area contributed by atoms with Gasteiger partial charge in [0.1, 0.15) is 11.3 Å². The van der Waals surface area contributed by atoms with Gasteiger partial charge in [0, 0.05) is 19.8 Å². The number of nitrogens with two attached hydrogens (primary N) is 1. The van der Waals surface area contributed by atoms with Crippen LogP contribution >= 0.6 is 0 Å². The van der Waals surface area contributed by atoms with Gasteiger partial charge in [-0.25, -0.2) is 4.79 Å². The summed E-state index contributed by atoms with van der Waals surface area (Å²) in [7, 11) is 3.29. The largest absolute Gasteiger partial charge is 0.492 e. The van der Waals surface area contributed by atoms with Crippen molar-refractivity contribution in [3.8, 4) is 5.75 Å². The van der Waals surface area contributed by atoms with E-state index >= 15 is 0 Å². The van der Waals surface area contributed by atoms with E-state index in [1.54, 1.807) is 20.2 Å². The molecule has 0 bridgehead atoms. The lowest BCUT2D eigenvalue weighted by molar-refractivity contribution is -0.129. The van der Waals surface area contributed by atoms with Gasteiger partial charge >= 0.3 is 5.97 Å². The first-order valence-electron chi connectivity index (χ1n) is 5.37. The molecule has 1 aromatic rings. The standard InChI is InChI=1S/C12H16N2O4/c1-14(2)11(15)5-6-18-10-4-3-8(13)7-9(10)12(16)17/h3-4,7H,5-6,13H2,1-2H3,(H,16,17). The van der Waals surface area contributed by atoms with Crippen molar-refractivity contribution in [2.75, 3.05) is 26.4 Å². The molecule has 0 unspecified atom stereocenters. The molecule has 0 saturated carbocycles. The van der Waals surface area contributed by atoms with Crippen LogP contribution in [0.25, 0.3) is 0 Å². The number of carbonyl (C=O) groups excluding carboxylic acids is 1. The van der Waals surface area contributed by atoms with Crippen LogP contribution in [0, 0.1) is 0 Å². The van der Waals surface area contributed by atoms with Crippen molar-refractivity contribution >= 4 is 17.6 Å². The molecule has 1 amide bonds. The molecule has 18 heavy (non-hydrogen) atoms. The van der Waals surface area contributed by atoms with Crippen LogP contribution < -0.4 is 10.5 Å². The molecule has 6 heteroatoms. The Kier molecular flexibility index (Phi) is 4.53. The molecule has 1 aromatic carbocycles. The Labute approximate surface area is 105 Å². The molecule has 1 rings (SSSR count). The Hall–Kier alpha value is -2.24. The second-order valence-corrected chi connectivity index (χ2v) is 3.95. The van der Waals surface area contributed by atoms with Crippen LogP contribution in [-0.2, 0) is 4.79 Å². The highest BCUT2D eigenvalue weighted by Crippen LogP contribution is 2.21. The molecule has 0 aliphatic carbocycles. The van der Waals surface area contributed by atoms with E-state index in [0.29, 0.717) is 5.69 Å². The van der Waals surface area contributed by atoms with Gasteiger partial charge in [0.05, 0.1) is 13.0 Å². The van der Waals surface area contributed by atoms with E-state index in [1.165, 1.54) is 17.0 Å². The van der Waals surface area contributed by atoms with Crippen LogP contribution in [0.15, 0.2) is 18.2 Å². The molecular formula is C12H16N2O4. The quantitative estimate of drug-likeness (QED) is 0.757. The third kappa shape index (κ3) is 3.65. The van der Waals surface area contributed by atoms with Gasteiger partial charge in [-0.2, -0.15) is 0 Å². The number of carboxylic acids is 1. The van der Waals surface area contributed by atoms with Crippen LogP contribution in [0.2, 0.25) is 0 Å². The van der Waals surface area contributed by atoms with Crippen molar-refractivity contribution in [2.24, 2.45) is 0 Å². The van der Waals surface area contributed by atoms with Crippen LogP contribution in [0.3, 0.4) is 0 Å². The molecule has 0 radical (unpaired) electrons. The first kappa shape index (κ1) is 13.8. The van der Waals surface area contributed by atoms with Crippen molar-refractivity contribution in [3.63, 3.8) is 0 Å². The summed E-state index contributed by atoms with van der Waals surface area (Å²) in [5.41, 5.74) is 5.85. The number of benzene rings is 1. The molecule has 0 fully saturated rings. The fraction of sp³-hybridized carbons (Fsp3) is 0.333. The number of nitrogens with zero attached hydrogens (tertiary/aromatic N) is 1. The normalized spacial score (nSPS) is 9.89. The Morgan fingerprint density at radius 2 is 2.06 bits per heavy atom. The summed E-state index contributed by atoms with van der Waals surface area (Å²) in [6.45, 7) is 0.126. The van der Waals surface area contributed by atoms with Gasteiger partial charge in [-0.3, -0.25) is 4.79 Å². The maximum Gasteiger partial charge on any atom is 0.339 e. The lowest BCUT2D eigenvalue weighted by Crippen LogP contribution is -2.23. The minimum atomic E-state index is -1.11. The summed E-state index contributed by atoms with van der Waals surface area (Å²) in [5, 5.41) is 8.98. The van der Waals surface area contributed by atoms with E-state index in [9.17, 15) is 9.59 Å². The summed E-state index contributed by atoms with van der Waals surface area (Å²) in [4.78, 5) is 23.7. The summed E-state index contributed by atoms with van der Waals surface area (Å²) >= 11 is 0. The zero-order valence-corrected chi connectivity index (χ0v) is 10.3. The van der Waals surface area contributed by atoms with E-state index < -0.39 is 5.97 Å². The summed E-state index contributed by atoms with van der Waals surface area (Å²) in [6.07, 6.45) is 0.191. The van der Waals surface area contributed by atoms with Crippen LogP contribution in [-0.4, -0.2) is 42.6 Å². The molecule has 0 aromatic heterocycles. The van der Waals surface area contributed by atoms with Gasteiger partial charge in [-0.1, -0.05) is 0 Å². The fourth-order valence-corrected chi connectivity index (χ4v) is 1.31. The molecule has 0 aliphatic heterocycles. The van der Waals surface area contributed by atoms with Gasteiger partial charge < -0.3 is 20.5 Å². The van der Waals surface area contributed by atoms with Crippen molar-refractivity contribution in [1.29, 1.82) is 0 Å². The highest BCUT2D eigenvalue weighted by atomic mass is 16.5. The number of nitrogen functional groups attached to an aromatic ring is 1. The van der Waals surface area contributed by atoms with E-state index in [1.807, 2.05) is 0 Å². The molecule has 0 saturated heterocycles. The third-order valence-corrected chi connectivity index (χ3v) is 2.31. The average Bonchev–Trinajstić information content (AvgIpc) is 2.30. The zero-order chi connectivity index (χ0) is 13.7. The molecule has 0 aliphatic rings. The van der Waals surface area contributed by atoms with Crippen molar-refractivity contribution < 1.29 is 19.4 Å². The molecule has 6 nitrogen and oxygen atoms in total. The maximum atomic E-state index is 11.3. The number of amides is 1. The maximum absolute atomic E-state index is 11.3. The smallest absolute Gasteiger partial charge is 0.339 e. The van der Waals surface area contributed by atoms with Crippen molar-refractivity contribution in [1.82, 2.24) is 4.90 Å². The SMILES string of the molecule is CN(C)C(=O)CCOc1ccc(N)cc1C(=O)O. The Bertz CT molecular complexity index is 457. The number of carboxylic acid groups (broad SMARTS) is 1. The molecular weight excluding hydrogens is 236 g/mol. The predicted octanol–water partition coefficient (Wildman–Crippen LogP) is 0.824. The lowest BCUT2D eigenvalue weighted by Gasteiger charge is -2.12. The second kappa shape index (κ2) is 5.90. The molecule has 0 heterocycles. The summed E-state index contributed by atoms with van der Waals surface area (Å²) in [5.74, 6) is -0.984. The highest BCUT2D eigenvalue weighted by Gasteiger charge is 2.12. The molecule has 3 N–H and O–H groups in total. The molecule has 98 valence electrons. The Morgan fingerprint density at radius 1 is 1.39 bits per heavy atom. The van der Waals surface area contributed by atoms with Gasteiger partial charge in [0.25, 0.3) is 0 Å². The van der Waals surface area contributed by atoms with Crippen LogP contribution in [0.1, 0.15) is 16.8 Å². The topological polar surface area (TPSA) is 92.9 Å². The van der Waals surface area contributed by atoms with Gasteiger partial charge in [-0.15, -0.1) is 0 Å². The second-order valence-electron chi connectivity index (χ2n) is 3.95.